The summed E-state index contributed by atoms with van der Waals surface area (Å²) >= 11 is 0. The van der Waals surface area contributed by atoms with E-state index < -0.39 is 0 Å². The molecule has 0 aromatic heterocycles. The number of ether oxygens (including phenoxy) is 1. The van der Waals surface area contributed by atoms with Crippen molar-refractivity contribution in [3.05, 3.63) is 90.0 Å². The molecule has 0 radical (unpaired) electrons. The average molecular weight is 458 g/mol. The molecule has 176 valence electrons. The van der Waals surface area contributed by atoms with E-state index in [1.807, 2.05) is 42.5 Å². The van der Waals surface area contributed by atoms with Crippen molar-refractivity contribution in [3.8, 4) is 5.75 Å². The van der Waals surface area contributed by atoms with Crippen LogP contribution in [0, 0.1) is 5.92 Å². The van der Waals surface area contributed by atoms with Crippen LogP contribution in [0.4, 0.5) is 16.2 Å². The summed E-state index contributed by atoms with van der Waals surface area (Å²) in [6.07, 6.45) is 1.66. The van der Waals surface area contributed by atoms with Crippen LogP contribution in [0.15, 0.2) is 78.9 Å². The number of carbonyl (C=O) groups excluding carboxylic acids is 2. The van der Waals surface area contributed by atoms with Crippen molar-refractivity contribution in [2.45, 2.75) is 25.7 Å². The number of hydrogen-bond donors (Lipinski definition) is 2. The number of piperidine rings is 1. The van der Waals surface area contributed by atoms with Gasteiger partial charge < -0.3 is 20.3 Å². The van der Waals surface area contributed by atoms with Crippen molar-refractivity contribution in [2.24, 2.45) is 5.92 Å². The molecule has 3 aromatic carbocycles. The molecule has 0 saturated carbocycles. The van der Waals surface area contributed by atoms with Gasteiger partial charge in [-0.2, -0.15) is 0 Å². The summed E-state index contributed by atoms with van der Waals surface area (Å²) in [6.45, 7) is 3.02. The first-order chi connectivity index (χ1) is 16.6. The van der Waals surface area contributed by atoms with Gasteiger partial charge in [-0.05, 0) is 48.2 Å². The van der Waals surface area contributed by atoms with E-state index in [9.17, 15) is 9.59 Å². The van der Waals surface area contributed by atoms with Gasteiger partial charge in [0.2, 0.25) is 5.91 Å². The highest BCUT2D eigenvalue weighted by atomic mass is 16.5. The maximum atomic E-state index is 13.3. The Morgan fingerprint density at radius 2 is 1.62 bits per heavy atom. The summed E-state index contributed by atoms with van der Waals surface area (Å²) < 4.78 is 5.37. The molecule has 1 fully saturated rings. The summed E-state index contributed by atoms with van der Waals surface area (Å²) in [6, 6.07) is 25.0. The summed E-state index contributed by atoms with van der Waals surface area (Å²) in [4.78, 5) is 28.2. The van der Waals surface area contributed by atoms with E-state index in [0.29, 0.717) is 30.9 Å². The molecule has 6 heteroatoms. The van der Waals surface area contributed by atoms with Crippen molar-refractivity contribution >= 4 is 23.3 Å². The zero-order valence-corrected chi connectivity index (χ0v) is 19.7. The van der Waals surface area contributed by atoms with Gasteiger partial charge >= 0.3 is 6.03 Å². The van der Waals surface area contributed by atoms with E-state index in [0.717, 1.165) is 17.7 Å². The molecule has 4 rings (SSSR count). The predicted octanol–water partition coefficient (Wildman–Crippen LogP) is 5.53. The van der Waals surface area contributed by atoms with Crippen molar-refractivity contribution < 1.29 is 14.3 Å². The molecule has 0 aliphatic carbocycles. The fourth-order valence-corrected chi connectivity index (χ4v) is 4.43. The van der Waals surface area contributed by atoms with Crippen LogP contribution in [0.5, 0.6) is 5.75 Å². The second kappa shape index (κ2) is 10.9. The largest absolute Gasteiger partial charge is 0.495 e. The number of para-hydroxylation sites is 3. The molecular weight excluding hydrogens is 426 g/mol. The number of nitrogens with one attached hydrogen (secondary N) is 2. The lowest BCUT2D eigenvalue weighted by Gasteiger charge is -2.37. The molecule has 0 bridgehead atoms. The van der Waals surface area contributed by atoms with Gasteiger partial charge in [-0.1, -0.05) is 61.5 Å². The van der Waals surface area contributed by atoms with E-state index in [2.05, 4.69) is 41.8 Å². The molecule has 1 heterocycles. The molecule has 0 spiro atoms. The zero-order chi connectivity index (χ0) is 23.9. The maximum absolute atomic E-state index is 13.3. The lowest BCUT2D eigenvalue weighted by molar-refractivity contribution is -0.121. The third kappa shape index (κ3) is 5.57. The number of aryl methyl sites for hydroxylation is 1. The molecule has 2 unspecified atom stereocenters. The highest BCUT2D eigenvalue weighted by Crippen LogP contribution is 2.32. The summed E-state index contributed by atoms with van der Waals surface area (Å²) in [5.74, 6) is 0.261. The van der Waals surface area contributed by atoms with Gasteiger partial charge in [-0.25, -0.2) is 4.79 Å². The zero-order valence-electron chi connectivity index (χ0n) is 19.7. The van der Waals surface area contributed by atoms with Gasteiger partial charge in [0.25, 0.3) is 0 Å². The minimum Gasteiger partial charge on any atom is -0.495 e. The first-order valence-corrected chi connectivity index (χ1v) is 11.7. The minimum atomic E-state index is -0.326. The summed E-state index contributed by atoms with van der Waals surface area (Å²) in [5, 5.41) is 5.97. The van der Waals surface area contributed by atoms with E-state index in [1.54, 1.807) is 24.1 Å². The van der Waals surface area contributed by atoms with E-state index in [1.165, 1.54) is 5.56 Å². The highest BCUT2D eigenvalue weighted by Gasteiger charge is 2.35. The number of carbonyl (C=O) groups is 2. The van der Waals surface area contributed by atoms with Crippen molar-refractivity contribution in [3.63, 3.8) is 0 Å². The lowest BCUT2D eigenvalue weighted by Crippen LogP contribution is -2.48. The molecule has 1 saturated heterocycles. The third-order valence-electron chi connectivity index (χ3n) is 6.36. The fraction of sp³-hybridized carbons (Fsp3) is 0.286. The number of hydrogen-bond acceptors (Lipinski definition) is 3. The summed E-state index contributed by atoms with van der Waals surface area (Å²) in [5.41, 5.74) is 3.77. The number of benzene rings is 3. The first-order valence-electron chi connectivity index (χ1n) is 11.7. The predicted molar refractivity (Wildman–Crippen MR) is 135 cm³/mol. The maximum Gasteiger partial charge on any atom is 0.321 e. The van der Waals surface area contributed by atoms with Crippen molar-refractivity contribution in [2.75, 3.05) is 30.8 Å². The normalized spacial score (nSPS) is 17.6. The monoisotopic (exact) mass is 457 g/mol. The van der Waals surface area contributed by atoms with Gasteiger partial charge in [0.15, 0.2) is 0 Å². The topological polar surface area (TPSA) is 70.7 Å². The number of likely N-dealkylation sites (tertiary alicyclic amines) is 1. The summed E-state index contributed by atoms with van der Waals surface area (Å²) in [7, 11) is 1.58. The lowest BCUT2D eigenvalue weighted by atomic mass is 9.83. The number of urea groups is 1. The Morgan fingerprint density at radius 1 is 0.912 bits per heavy atom. The molecule has 2 atom stereocenters. The van der Waals surface area contributed by atoms with Crippen molar-refractivity contribution in [1.29, 1.82) is 0 Å². The van der Waals surface area contributed by atoms with Crippen LogP contribution >= 0.6 is 0 Å². The first kappa shape index (κ1) is 23.4. The second-order valence-corrected chi connectivity index (χ2v) is 8.62. The Bertz CT molecular complexity index is 1120. The van der Waals surface area contributed by atoms with Gasteiger partial charge in [-0.15, -0.1) is 0 Å². The van der Waals surface area contributed by atoms with Gasteiger partial charge in [0.05, 0.1) is 18.7 Å². The quantitative estimate of drug-likeness (QED) is 0.511. The molecule has 34 heavy (non-hydrogen) atoms. The number of anilines is 2. The van der Waals surface area contributed by atoms with E-state index in [-0.39, 0.29) is 23.8 Å². The van der Waals surface area contributed by atoms with Crippen LogP contribution in [0.1, 0.15) is 30.4 Å². The Hall–Kier alpha value is -3.80. The molecule has 6 nitrogen and oxygen atoms in total. The van der Waals surface area contributed by atoms with E-state index >= 15 is 0 Å². The smallest absolute Gasteiger partial charge is 0.321 e. The van der Waals surface area contributed by atoms with Gasteiger partial charge in [-0.3, -0.25) is 4.79 Å². The van der Waals surface area contributed by atoms with Crippen LogP contribution in [-0.4, -0.2) is 37.0 Å². The average Bonchev–Trinajstić information content (AvgIpc) is 2.89. The number of methoxy groups -OCH3 is 1. The number of nitrogens with zero attached hydrogens (tertiary/aromatic N) is 1. The van der Waals surface area contributed by atoms with Crippen LogP contribution in [0.25, 0.3) is 0 Å². The minimum absolute atomic E-state index is 0.0644. The van der Waals surface area contributed by atoms with Crippen LogP contribution in [-0.2, 0) is 11.2 Å². The fourth-order valence-electron chi connectivity index (χ4n) is 4.43. The standard InChI is InChI=1S/C28H31N3O3/c1-3-20-13-15-21(16-14-20)22-17-23(27(32)29-24-9-5-4-6-10-24)19-31(18-22)28(33)30-25-11-7-8-12-26(25)34-2/h4-16,22-23H,3,17-19H2,1-2H3,(H,29,32)(H,30,33). The van der Waals surface area contributed by atoms with Crippen LogP contribution in [0.2, 0.25) is 0 Å². The second-order valence-electron chi connectivity index (χ2n) is 8.62. The van der Waals surface area contributed by atoms with Gasteiger partial charge in [0.1, 0.15) is 5.75 Å². The molecule has 2 N–H and O–H groups in total. The SMILES string of the molecule is CCc1ccc(C2CC(C(=O)Nc3ccccc3)CN(C(=O)Nc3ccccc3OC)C2)cc1. The van der Waals surface area contributed by atoms with E-state index in [4.69, 9.17) is 4.74 Å². The molecular formula is C28H31N3O3. The Kier molecular flexibility index (Phi) is 7.48. The van der Waals surface area contributed by atoms with Crippen LogP contribution in [0.3, 0.4) is 0 Å². The molecule has 3 aromatic rings. The number of rotatable bonds is 6. The van der Waals surface area contributed by atoms with Gasteiger partial charge in [0, 0.05) is 24.7 Å². The van der Waals surface area contributed by atoms with Crippen molar-refractivity contribution in [1.82, 2.24) is 4.90 Å². The Balaban J connectivity index is 1.55. The molecule has 1 aliphatic rings. The molecule has 3 amide bonds. The third-order valence-corrected chi connectivity index (χ3v) is 6.36. The Labute approximate surface area is 200 Å². The number of amides is 3. The van der Waals surface area contributed by atoms with Crippen LogP contribution < -0.4 is 15.4 Å². The molecule has 1 aliphatic heterocycles. The highest BCUT2D eigenvalue weighted by molar-refractivity contribution is 5.94. The Morgan fingerprint density at radius 3 is 2.32 bits per heavy atom.